The van der Waals surface area contributed by atoms with Crippen LogP contribution in [-0.4, -0.2) is 31.5 Å². The third-order valence-electron chi connectivity index (χ3n) is 1.52. The van der Waals surface area contributed by atoms with Crippen molar-refractivity contribution in [3.63, 3.8) is 0 Å². The normalized spacial score (nSPS) is 18.5. The van der Waals surface area contributed by atoms with Gasteiger partial charge in [0, 0.05) is 7.11 Å². The van der Waals surface area contributed by atoms with Crippen LogP contribution in [0.15, 0.2) is 0 Å². The summed E-state index contributed by atoms with van der Waals surface area (Å²) in [5.74, 6) is -4.56. The number of methoxy groups -OCH3 is 1. The topological polar surface area (TPSA) is 9.23 Å². The Labute approximate surface area is 70.7 Å². The zero-order valence-electron chi connectivity index (χ0n) is 6.83. The molecule has 0 spiro atoms. The van der Waals surface area contributed by atoms with E-state index >= 15 is 0 Å². The molecule has 13 heavy (non-hydrogen) atoms. The summed E-state index contributed by atoms with van der Waals surface area (Å²) in [6.45, 7) is 0.665. The molecule has 0 aliphatic heterocycles. The third kappa shape index (κ3) is 2.75. The number of halogens is 6. The lowest BCUT2D eigenvalue weighted by molar-refractivity contribution is -0.267. The Morgan fingerprint density at radius 1 is 1.08 bits per heavy atom. The first kappa shape index (κ1) is 12.5. The van der Waals surface area contributed by atoms with E-state index in [4.69, 9.17) is 0 Å². The fourth-order valence-electron chi connectivity index (χ4n) is 0.581. The molecule has 0 radical (unpaired) electrons. The van der Waals surface area contributed by atoms with Crippen molar-refractivity contribution in [2.45, 2.75) is 31.3 Å². The van der Waals surface area contributed by atoms with Gasteiger partial charge in [-0.3, -0.25) is 0 Å². The maximum absolute atomic E-state index is 12.5. The number of alkyl halides is 6. The maximum atomic E-state index is 12.5. The molecule has 0 aliphatic rings. The van der Waals surface area contributed by atoms with E-state index in [9.17, 15) is 26.3 Å². The van der Waals surface area contributed by atoms with Crippen molar-refractivity contribution in [2.75, 3.05) is 7.11 Å². The summed E-state index contributed by atoms with van der Waals surface area (Å²) in [6, 6.07) is 0. The summed E-state index contributed by atoms with van der Waals surface area (Å²) in [5.41, 5.74) is 0. The van der Waals surface area contributed by atoms with E-state index in [1.807, 2.05) is 0 Å². The largest absolute Gasteiger partial charge is 0.425 e. The van der Waals surface area contributed by atoms with Crippen LogP contribution >= 0.6 is 0 Å². The second-order valence-electron chi connectivity index (χ2n) is 2.46. The molecule has 7 heteroatoms. The van der Waals surface area contributed by atoms with Gasteiger partial charge in [0.25, 0.3) is 6.17 Å². The van der Waals surface area contributed by atoms with Gasteiger partial charge in [-0.2, -0.15) is 13.2 Å². The number of hydrogen-bond donors (Lipinski definition) is 0. The summed E-state index contributed by atoms with van der Waals surface area (Å²) in [4.78, 5) is 0. The van der Waals surface area contributed by atoms with E-state index in [1.54, 1.807) is 0 Å². The number of rotatable bonds is 3. The average Bonchev–Trinajstić information content (AvgIpc) is 1.99. The van der Waals surface area contributed by atoms with Gasteiger partial charge in [-0.15, -0.1) is 0 Å². The molecule has 0 fully saturated rings. The minimum Gasteiger partial charge on any atom is -0.375 e. The van der Waals surface area contributed by atoms with Gasteiger partial charge in [0.05, 0.1) is 0 Å². The highest BCUT2D eigenvalue weighted by Crippen LogP contribution is 2.37. The molecular weight excluding hydrogens is 202 g/mol. The van der Waals surface area contributed by atoms with Crippen molar-refractivity contribution in [2.24, 2.45) is 0 Å². The predicted octanol–water partition coefficient (Wildman–Crippen LogP) is 2.56. The Bertz CT molecular complexity index is 165. The molecule has 0 rings (SSSR count). The van der Waals surface area contributed by atoms with Gasteiger partial charge < -0.3 is 4.74 Å². The smallest absolute Gasteiger partial charge is 0.375 e. The monoisotopic (exact) mass is 210 g/mol. The molecule has 0 aliphatic carbocycles. The van der Waals surface area contributed by atoms with E-state index in [2.05, 4.69) is 4.74 Å². The molecule has 2 atom stereocenters. The van der Waals surface area contributed by atoms with Crippen LogP contribution in [-0.2, 0) is 4.74 Å². The Balaban J connectivity index is 4.63. The second-order valence-corrected chi connectivity index (χ2v) is 2.46. The summed E-state index contributed by atoms with van der Waals surface area (Å²) in [5, 5.41) is 0. The SMILES string of the molecule is COC(C)C(F)(F)C(F)C(F)(F)F. The quantitative estimate of drug-likeness (QED) is 0.650. The molecular formula is C6H8F6O. The minimum atomic E-state index is -5.57. The lowest BCUT2D eigenvalue weighted by atomic mass is 10.1. The third-order valence-corrected chi connectivity index (χ3v) is 1.52. The molecule has 80 valence electrons. The Morgan fingerprint density at radius 2 is 1.46 bits per heavy atom. The zero-order valence-corrected chi connectivity index (χ0v) is 6.83. The fourth-order valence-corrected chi connectivity index (χ4v) is 0.581. The predicted molar refractivity (Wildman–Crippen MR) is 32.4 cm³/mol. The van der Waals surface area contributed by atoms with Crippen LogP contribution in [0, 0.1) is 0 Å². The standard InChI is InChI=1S/C6H8F6O/c1-3(13-2)5(8,9)4(7)6(10,11)12/h3-4H,1-2H3. The van der Waals surface area contributed by atoms with Crippen molar-refractivity contribution < 1.29 is 31.1 Å². The van der Waals surface area contributed by atoms with E-state index in [-0.39, 0.29) is 0 Å². The molecule has 0 N–H and O–H groups in total. The van der Waals surface area contributed by atoms with Gasteiger partial charge in [-0.25, -0.2) is 13.2 Å². The first-order valence-electron chi connectivity index (χ1n) is 3.25. The van der Waals surface area contributed by atoms with Gasteiger partial charge in [-0.1, -0.05) is 0 Å². The van der Waals surface area contributed by atoms with Gasteiger partial charge in [0.1, 0.15) is 6.10 Å². The van der Waals surface area contributed by atoms with Gasteiger partial charge in [0.2, 0.25) is 0 Å². The van der Waals surface area contributed by atoms with Crippen molar-refractivity contribution in [1.29, 1.82) is 0 Å². The lowest BCUT2D eigenvalue weighted by Gasteiger charge is -2.26. The highest BCUT2D eigenvalue weighted by atomic mass is 19.4. The van der Waals surface area contributed by atoms with Crippen LogP contribution in [0.4, 0.5) is 26.3 Å². The summed E-state index contributed by atoms with van der Waals surface area (Å²) in [6.07, 6.45) is -11.9. The minimum absolute atomic E-state index is 0.665. The van der Waals surface area contributed by atoms with Gasteiger partial charge in [0.15, 0.2) is 0 Å². The van der Waals surface area contributed by atoms with Crippen LogP contribution in [0.1, 0.15) is 6.92 Å². The fraction of sp³-hybridized carbons (Fsp3) is 1.00. The van der Waals surface area contributed by atoms with E-state index in [1.165, 1.54) is 0 Å². The molecule has 0 aromatic carbocycles. The van der Waals surface area contributed by atoms with Crippen LogP contribution < -0.4 is 0 Å². The lowest BCUT2D eigenvalue weighted by Crippen LogP contribution is -2.49. The van der Waals surface area contributed by atoms with Crippen LogP contribution in [0.25, 0.3) is 0 Å². The highest BCUT2D eigenvalue weighted by Gasteiger charge is 2.59. The number of hydrogen-bond acceptors (Lipinski definition) is 1. The summed E-state index contributed by atoms with van der Waals surface area (Å²) >= 11 is 0. The molecule has 0 amide bonds. The maximum Gasteiger partial charge on any atom is 0.425 e. The number of ether oxygens (including phenoxy) is 1. The molecule has 0 saturated carbocycles. The van der Waals surface area contributed by atoms with Crippen LogP contribution in [0.2, 0.25) is 0 Å². The Kier molecular flexibility index (Phi) is 3.60. The van der Waals surface area contributed by atoms with Gasteiger partial charge >= 0.3 is 12.1 Å². The molecule has 0 heterocycles. The van der Waals surface area contributed by atoms with E-state index in [0.29, 0.717) is 6.92 Å². The van der Waals surface area contributed by atoms with E-state index < -0.39 is 24.4 Å². The Morgan fingerprint density at radius 3 is 1.69 bits per heavy atom. The first-order valence-corrected chi connectivity index (χ1v) is 3.25. The van der Waals surface area contributed by atoms with E-state index in [0.717, 1.165) is 7.11 Å². The first-order chi connectivity index (χ1) is 5.64. The average molecular weight is 210 g/mol. The molecule has 0 bridgehead atoms. The molecule has 1 nitrogen and oxygen atoms in total. The molecule has 0 aromatic rings. The summed E-state index contributed by atoms with van der Waals surface area (Å²) in [7, 11) is 0.779. The second kappa shape index (κ2) is 3.73. The highest BCUT2D eigenvalue weighted by molar-refractivity contribution is 4.87. The van der Waals surface area contributed by atoms with Crippen molar-refractivity contribution in [3.8, 4) is 0 Å². The van der Waals surface area contributed by atoms with Gasteiger partial charge in [-0.05, 0) is 6.92 Å². The molecule has 2 unspecified atom stereocenters. The van der Waals surface area contributed by atoms with Crippen molar-refractivity contribution >= 4 is 0 Å². The van der Waals surface area contributed by atoms with Crippen molar-refractivity contribution in [3.05, 3.63) is 0 Å². The Hall–Kier alpha value is -0.460. The zero-order chi connectivity index (χ0) is 10.9. The van der Waals surface area contributed by atoms with Crippen LogP contribution in [0.5, 0.6) is 0 Å². The molecule has 0 saturated heterocycles. The van der Waals surface area contributed by atoms with Crippen LogP contribution in [0.3, 0.4) is 0 Å². The van der Waals surface area contributed by atoms with Crippen molar-refractivity contribution in [1.82, 2.24) is 0 Å². The summed E-state index contributed by atoms with van der Waals surface area (Å²) < 4.78 is 75.7. The molecule has 0 aromatic heterocycles.